The Morgan fingerprint density at radius 1 is 1.13 bits per heavy atom. The van der Waals surface area contributed by atoms with Gasteiger partial charge in [-0.3, -0.25) is 0 Å². The van der Waals surface area contributed by atoms with Crippen LogP contribution in [0.1, 0.15) is 44.6 Å². The van der Waals surface area contributed by atoms with E-state index in [1.54, 1.807) is 0 Å². The summed E-state index contributed by atoms with van der Waals surface area (Å²) in [5.74, 6) is -1.94. The van der Waals surface area contributed by atoms with Crippen molar-refractivity contribution in [1.29, 1.82) is 0 Å². The van der Waals surface area contributed by atoms with Gasteiger partial charge < -0.3 is 4.74 Å². The Bertz CT molecular complexity index is 511. The summed E-state index contributed by atoms with van der Waals surface area (Å²) >= 11 is 0. The summed E-state index contributed by atoms with van der Waals surface area (Å²) in [6, 6.07) is 2.18. The smallest absolute Gasteiger partial charge is 0.387 e. The molecular weight excluding hydrogens is 308 g/mol. The Labute approximate surface area is 134 Å². The van der Waals surface area contributed by atoms with Crippen LogP contribution in [0.3, 0.4) is 0 Å². The molecule has 0 N–H and O–H groups in total. The number of halogens is 4. The second kappa shape index (κ2) is 8.37. The predicted octanol–water partition coefficient (Wildman–Crippen LogP) is 5.88. The van der Waals surface area contributed by atoms with E-state index < -0.39 is 24.0 Å². The topological polar surface area (TPSA) is 9.23 Å². The van der Waals surface area contributed by atoms with Crippen LogP contribution in [0.15, 0.2) is 24.3 Å². The van der Waals surface area contributed by atoms with Crippen molar-refractivity contribution in [3.8, 4) is 5.75 Å². The molecule has 5 heteroatoms. The van der Waals surface area contributed by atoms with Crippen molar-refractivity contribution >= 4 is 0 Å². The SMILES string of the molecule is CC=CC1CCC(CCc2cc(F)c(OC(F)F)c(F)c2)CC1. The number of allylic oxidation sites excluding steroid dienone is 2. The Morgan fingerprint density at radius 3 is 2.26 bits per heavy atom. The van der Waals surface area contributed by atoms with Gasteiger partial charge in [-0.2, -0.15) is 8.78 Å². The number of benzene rings is 1. The van der Waals surface area contributed by atoms with Crippen LogP contribution in [-0.4, -0.2) is 6.61 Å². The minimum Gasteiger partial charge on any atom is -0.429 e. The van der Waals surface area contributed by atoms with Gasteiger partial charge in [0.15, 0.2) is 17.4 Å². The molecule has 0 spiro atoms. The molecule has 1 aromatic rings. The highest BCUT2D eigenvalue weighted by atomic mass is 19.3. The third kappa shape index (κ3) is 5.26. The average Bonchev–Trinajstić information content (AvgIpc) is 2.50. The molecule has 0 heterocycles. The van der Waals surface area contributed by atoms with Crippen LogP contribution in [0.25, 0.3) is 0 Å². The van der Waals surface area contributed by atoms with Gasteiger partial charge in [0.25, 0.3) is 0 Å². The van der Waals surface area contributed by atoms with E-state index in [1.165, 1.54) is 0 Å². The standard InChI is InChI=1S/C18H22F4O/c1-2-3-12-4-6-13(7-5-12)8-9-14-10-15(19)17(16(20)11-14)23-18(21)22/h2-3,10-13,18H,4-9H2,1H3. The first-order chi connectivity index (χ1) is 11.0. The van der Waals surface area contributed by atoms with Gasteiger partial charge in [-0.15, -0.1) is 0 Å². The van der Waals surface area contributed by atoms with Crippen LogP contribution in [0.2, 0.25) is 0 Å². The van der Waals surface area contributed by atoms with Crippen molar-refractivity contribution in [2.45, 2.75) is 52.1 Å². The van der Waals surface area contributed by atoms with Gasteiger partial charge in [-0.05, 0) is 75.0 Å². The number of aryl methyl sites for hydroxylation is 1. The van der Waals surface area contributed by atoms with Crippen molar-refractivity contribution in [3.63, 3.8) is 0 Å². The lowest BCUT2D eigenvalue weighted by atomic mass is 9.79. The summed E-state index contributed by atoms with van der Waals surface area (Å²) in [4.78, 5) is 0. The van der Waals surface area contributed by atoms with Gasteiger partial charge in [0.1, 0.15) is 0 Å². The van der Waals surface area contributed by atoms with Crippen LogP contribution >= 0.6 is 0 Å². The van der Waals surface area contributed by atoms with E-state index in [0.29, 0.717) is 23.8 Å². The Balaban J connectivity index is 1.89. The van der Waals surface area contributed by atoms with Gasteiger partial charge in [-0.1, -0.05) is 12.2 Å². The van der Waals surface area contributed by atoms with E-state index >= 15 is 0 Å². The second-order valence-corrected chi connectivity index (χ2v) is 6.11. The highest BCUT2D eigenvalue weighted by molar-refractivity contribution is 5.31. The molecule has 0 unspecified atom stereocenters. The molecule has 1 aliphatic carbocycles. The minimum absolute atomic E-state index is 0.484. The molecule has 1 fully saturated rings. The van der Waals surface area contributed by atoms with Crippen molar-refractivity contribution in [3.05, 3.63) is 41.5 Å². The second-order valence-electron chi connectivity index (χ2n) is 6.11. The summed E-state index contributed by atoms with van der Waals surface area (Å²) < 4.78 is 55.4. The van der Waals surface area contributed by atoms with Crippen LogP contribution in [0.5, 0.6) is 5.75 Å². The van der Waals surface area contributed by atoms with E-state index in [-0.39, 0.29) is 0 Å². The highest BCUT2D eigenvalue weighted by Crippen LogP contribution is 2.33. The van der Waals surface area contributed by atoms with Gasteiger partial charge in [0.05, 0.1) is 0 Å². The molecule has 1 aromatic carbocycles. The summed E-state index contributed by atoms with van der Waals surface area (Å²) in [5.41, 5.74) is 0.484. The lowest BCUT2D eigenvalue weighted by Crippen LogP contribution is -2.14. The van der Waals surface area contributed by atoms with E-state index in [1.807, 2.05) is 6.92 Å². The molecular formula is C18H22F4O. The van der Waals surface area contributed by atoms with Gasteiger partial charge in [0.2, 0.25) is 0 Å². The molecule has 0 aliphatic heterocycles. The fourth-order valence-electron chi connectivity index (χ4n) is 3.27. The van der Waals surface area contributed by atoms with Crippen molar-refractivity contribution in [2.75, 3.05) is 0 Å². The van der Waals surface area contributed by atoms with E-state index in [4.69, 9.17) is 0 Å². The lowest BCUT2D eigenvalue weighted by Gasteiger charge is -2.26. The molecule has 23 heavy (non-hydrogen) atoms. The average molecular weight is 330 g/mol. The maximum Gasteiger partial charge on any atom is 0.387 e. The predicted molar refractivity (Wildman–Crippen MR) is 81.6 cm³/mol. The zero-order valence-corrected chi connectivity index (χ0v) is 13.2. The number of rotatable bonds is 6. The van der Waals surface area contributed by atoms with Gasteiger partial charge >= 0.3 is 6.61 Å². The summed E-state index contributed by atoms with van der Waals surface area (Å²) in [5, 5.41) is 0. The molecule has 0 bridgehead atoms. The highest BCUT2D eigenvalue weighted by Gasteiger charge is 2.20. The number of hydrogen-bond donors (Lipinski definition) is 0. The summed E-state index contributed by atoms with van der Waals surface area (Å²) in [6.07, 6.45) is 10.3. The van der Waals surface area contributed by atoms with Crippen molar-refractivity contribution in [2.24, 2.45) is 11.8 Å². The Hall–Kier alpha value is -1.52. The minimum atomic E-state index is -3.24. The Kier molecular flexibility index (Phi) is 6.48. The molecule has 0 radical (unpaired) electrons. The molecule has 0 aromatic heterocycles. The molecule has 2 rings (SSSR count). The fourth-order valence-corrected chi connectivity index (χ4v) is 3.27. The maximum atomic E-state index is 13.7. The summed E-state index contributed by atoms with van der Waals surface area (Å²) in [7, 11) is 0. The van der Waals surface area contributed by atoms with Crippen molar-refractivity contribution < 1.29 is 22.3 Å². The molecule has 0 amide bonds. The lowest BCUT2D eigenvalue weighted by molar-refractivity contribution is -0.0546. The van der Waals surface area contributed by atoms with E-state index in [2.05, 4.69) is 16.9 Å². The molecule has 128 valence electrons. The first kappa shape index (κ1) is 17.8. The van der Waals surface area contributed by atoms with Crippen LogP contribution in [0, 0.1) is 23.5 Å². The quantitative estimate of drug-likeness (QED) is 0.467. The van der Waals surface area contributed by atoms with Crippen LogP contribution in [-0.2, 0) is 6.42 Å². The van der Waals surface area contributed by atoms with Gasteiger partial charge in [-0.25, -0.2) is 8.78 Å². The fraction of sp³-hybridized carbons (Fsp3) is 0.556. The van der Waals surface area contributed by atoms with Crippen LogP contribution in [0.4, 0.5) is 17.6 Å². The monoisotopic (exact) mass is 330 g/mol. The number of alkyl halides is 2. The first-order valence-electron chi connectivity index (χ1n) is 8.05. The summed E-state index contributed by atoms with van der Waals surface area (Å²) in [6.45, 7) is -1.21. The number of hydrogen-bond acceptors (Lipinski definition) is 1. The third-order valence-corrected chi connectivity index (χ3v) is 4.46. The molecule has 0 atom stereocenters. The normalized spacial score (nSPS) is 22.0. The zero-order chi connectivity index (χ0) is 16.8. The van der Waals surface area contributed by atoms with E-state index in [9.17, 15) is 17.6 Å². The molecule has 1 nitrogen and oxygen atoms in total. The Morgan fingerprint density at radius 2 is 1.74 bits per heavy atom. The van der Waals surface area contributed by atoms with Crippen LogP contribution < -0.4 is 4.74 Å². The van der Waals surface area contributed by atoms with Gasteiger partial charge in [0, 0.05) is 0 Å². The molecule has 0 saturated heterocycles. The molecule has 1 aliphatic rings. The third-order valence-electron chi connectivity index (χ3n) is 4.46. The number of ether oxygens (including phenoxy) is 1. The molecule has 1 saturated carbocycles. The first-order valence-corrected chi connectivity index (χ1v) is 8.05. The van der Waals surface area contributed by atoms with E-state index in [0.717, 1.165) is 44.2 Å². The largest absolute Gasteiger partial charge is 0.429 e. The van der Waals surface area contributed by atoms with Crippen molar-refractivity contribution in [1.82, 2.24) is 0 Å². The maximum absolute atomic E-state index is 13.7. The zero-order valence-electron chi connectivity index (χ0n) is 13.2.